The fourth-order valence-corrected chi connectivity index (χ4v) is 3.40. The molecule has 3 N–H and O–H groups in total. The van der Waals surface area contributed by atoms with Crippen molar-refractivity contribution in [1.82, 2.24) is 15.2 Å². The average molecular weight is 326 g/mol. The van der Waals surface area contributed by atoms with Crippen molar-refractivity contribution in [3.8, 4) is 22.4 Å². The lowest BCUT2D eigenvalue weighted by Crippen LogP contribution is -1.94. The SMILES string of the molecule is Nc1cnc(-c2cccc(C3CC3)c2)c(-c2ccc3[nH]ncc3c2)c1. The van der Waals surface area contributed by atoms with Crippen molar-refractivity contribution in [3.63, 3.8) is 0 Å². The van der Waals surface area contributed by atoms with Gasteiger partial charge in [-0.3, -0.25) is 10.1 Å². The highest BCUT2D eigenvalue weighted by atomic mass is 15.1. The minimum atomic E-state index is 0.671. The maximum Gasteiger partial charge on any atom is 0.0782 e. The van der Waals surface area contributed by atoms with Gasteiger partial charge in [0.15, 0.2) is 0 Å². The van der Waals surface area contributed by atoms with Gasteiger partial charge in [0.25, 0.3) is 0 Å². The van der Waals surface area contributed by atoms with Crippen molar-refractivity contribution in [2.24, 2.45) is 0 Å². The zero-order chi connectivity index (χ0) is 16.8. The summed E-state index contributed by atoms with van der Waals surface area (Å²) in [6.07, 6.45) is 6.16. The van der Waals surface area contributed by atoms with Crippen molar-refractivity contribution in [2.75, 3.05) is 5.73 Å². The topological polar surface area (TPSA) is 67.6 Å². The summed E-state index contributed by atoms with van der Waals surface area (Å²) in [6, 6.07) is 17.0. The van der Waals surface area contributed by atoms with Crippen LogP contribution in [0, 0.1) is 0 Å². The Morgan fingerprint density at radius 1 is 0.960 bits per heavy atom. The second kappa shape index (κ2) is 5.45. The zero-order valence-corrected chi connectivity index (χ0v) is 13.7. The number of hydrogen-bond acceptors (Lipinski definition) is 3. The molecule has 122 valence electrons. The molecule has 0 aliphatic heterocycles. The summed E-state index contributed by atoms with van der Waals surface area (Å²) in [6.45, 7) is 0. The van der Waals surface area contributed by atoms with Crippen LogP contribution in [-0.4, -0.2) is 15.2 Å². The summed E-state index contributed by atoms with van der Waals surface area (Å²) in [7, 11) is 0. The van der Waals surface area contributed by atoms with Gasteiger partial charge in [-0.15, -0.1) is 0 Å². The van der Waals surface area contributed by atoms with Gasteiger partial charge in [0.2, 0.25) is 0 Å². The first-order valence-electron chi connectivity index (χ1n) is 8.57. The van der Waals surface area contributed by atoms with Gasteiger partial charge in [0.05, 0.1) is 29.3 Å². The van der Waals surface area contributed by atoms with Crippen LogP contribution >= 0.6 is 0 Å². The molecule has 0 amide bonds. The number of nitrogens with zero attached hydrogens (tertiary/aromatic N) is 2. The van der Waals surface area contributed by atoms with Crippen LogP contribution in [0.3, 0.4) is 0 Å². The Balaban J connectivity index is 1.68. The van der Waals surface area contributed by atoms with Crippen LogP contribution in [0.1, 0.15) is 24.3 Å². The quantitative estimate of drug-likeness (QED) is 0.571. The Bertz CT molecular complexity index is 1080. The first kappa shape index (κ1) is 14.2. The maximum absolute atomic E-state index is 6.04. The van der Waals surface area contributed by atoms with Crippen LogP contribution in [0.15, 0.2) is 60.9 Å². The molecule has 1 saturated carbocycles. The predicted molar refractivity (Wildman–Crippen MR) is 101 cm³/mol. The first-order valence-corrected chi connectivity index (χ1v) is 8.57. The second-order valence-corrected chi connectivity index (χ2v) is 6.74. The fraction of sp³-hybridized carbons (Fsp3) is 0.143. The van der Waals surface area contributed by atoms with E-state index in [0.29, 0.717) is 5.69 Å². The van der Waals surface area contributed by atoms with Crippen LogP contribution in [0.4, 0.5) is 5.69 Å². The maximum atomic E-state index is 6.04. The minimum absolute atomic E-state index is 0.671. The van der Waals surface area contributed by atoms with Gasteiger partial charge in [-0.05, 0) is 54.2 Å². The summed E-state index contributed by atoms with van der Waals surface area (Å²) < 4.78 is 0. The molecule has 0 atom stereocenters. The van der Waals surface area contributed by atoms with Crippen LogP contribution in [-0.2, 0) is 0 Å². The summed E-state index contributed by atoms with van der Waals surface area (Å²) in [5.74, 6) is 0.722. The number of rotatable bonds is 3. The third-order valence-corrected chi connectivity index (χ3v) is 4.87. The van der Waals surface area contributed by atoms with Gasteiger partial charge >= 0.3 is 0 Å². The molecule has 0 bridgehead atoms. The van der Waals surface area contributed by atoms with Crippen molar-refractivity contribution in [3.05, 3.63) is 66.5 Å². The van der Waals surface area contributed by atoms with E-state index < -0.39 is 0 Å². The minimum Gasteiger partial charge on any atom is -0.397 e. The molecule has 0 saturated heterocycles. The fourth-order valence-electron chi connectivity index (χ4n) is 3.40. The van der Waals surface area contributed by atoms with Gasteiger partial charge in [-0.2, -0.15) is 5.10 Å². The highest BCUT2D eigenvalue weighted by molar-refractivity contribution is 5.89. The van der Waals surface area contributed by atoms with E-state index in [9.17, 15) is 0 Å². The third-order valence-electron chi connectivity index (χ3n) is 4.87. The van der Waals surface area contributed by atoms with E-state index >= 15 is 0 Å². The second-order valence-electron chi connectivity index (χ2n) is 6.74. The molecular weight excluding hydrogens is 308 g/mol. The lowest BCUT2D eigenvalue weighted by atomic mass is 9.96. The summed E-state index contributed by atoms with van der Waals surface area (Å²) in [5, 5.41) is 8.18. The van der Waals surface area contributed by atoms with Gasteiger partial charge in [-0.25, -0.2) is 0 Å². The molecule has 4 aromatic rings. The summed E-state index contributed by atoms with van der Waals surface area (Å²) in [4.78, 5) is 4.66. The molecule has 2 aromatic carbocycles. The molecule has 2 heterocycles. The number of nitrogens with one attached hydrogen (secondary N) is 1. The Morgan fingerprint density at radius 2 is 1.88 bits per heavy atom. The number of nitrogens with two attached hydrogens (primary N) is 1. The van der Waals surface area contributed by atoms with Gasteiger partial charge in [0.1, 0.15) is 0 Å². The van der Waals surface area contributed by atoms with Crippen molar-refractivity contribution >= 4 is 16.6 Å². The third kappa shape index (κ3) is 2.56. The number of anilines is 1. The molecular formula is C21H18N4. The van der Waals surface area contributed by atoms with E-state index in [1.165, 1.54) is 18.4 Å². The van der Waals surface area contributed by atoms with E-state index in [1.54, 1.807) is 6.20 Å². The number of aromatic nitrogens is 3. The highest BCUT2D eigenvalue weighted by Crippen LogP contribution is 2.42. The molecule has 25 heavy (non-hydrogen) atoms. The Labute approximate surface area is 145 Å². The monoisotopic (exact) mass is 326 g/mol. The summed E-state index contributed by atoms with van der Waals surface area (Å²) in [5.41, 5.74) is 13.4. The molecule has 1 aliphatic carbocycles. The number of hydrogen-bond donors (Lipinski definition) is 2. The van der Waals surface area contributed by atoms with E-state index in [0.717, 1.165) is 39.2 Å². The largest absolute Gasteiger partial charge is 0.397 e. The molecule has 4 heteroatoms. The molecule has 2 aromatic heterocycles. The standard InChI is InChI=1S/C21H18N4/c22-18-10-19(15-6-7-20-17(9-15)11-24-25-20)21(23-12-18)16-3-1-2-14(8-16)13-4-5-13/h1-3,6-13H,4-5,22H2,(H,24,25). The molecule has 4 nitrogen and oxygen atoms in total. The number of benzene rings is 2. The van der Waals surface area contributed by atoms with E-state index in [-0.39, 0.29) is 0 Å². The van der Waals surface area contributed by atoms with Crippen molar-refractivity contribution in [1.29, 1.82) is 0 Å². The van der Waals surface area contributed by atoms with Crippen molar-refractivity contribution in [2.45, 2.75) is 18.8 Å². The normalized spacial score (nSPS) is 14.1. The zero-order valence-electron chi connectivity index (χ0n) is 13.7. The number of pyridine rings is 1. The predicted octanol–water partition coefficient (Wildman–Crippen LogP) is 4.75. The number of H-pyrrole nitrogens is 1. The highest BCUT2D eigenvalue weighted by Gasteiger charge is 2.24. The van der Waals surface area contributed by atoms with Crippen LogP contribution in [0.5, 0.6) is 0 Å². The van der Waals surface area contributed by atoms with E-state index in [4.69, 9.17) is 5.73 Å². The van der Waals surface area contributed by atoms with Crippen molar-refractivity contribution < 1.29 is 0 Å². The lowest BCUT2D eigenvalue weighted by molar-refractivity contribution is 1.12. The molecule has 1 fully saturated rings. The smallest absolute Gasteiger partial charge is 0.0782 e. The lowest BCUT2D eigenvalue weighted by Gasteiger charge is -2.11. The van der Waals surface area contributed by atoms with Gasteiger partial charge < -0.3 is 5.73 Å². The summed E-state index contributed by atoms with van der Waals surface area (Å²) >= 11 is 0. The molecule has 0 unspecified atom stereocenters. The molecule has 0 spiro atoms. The van der Waals surface area contributed by atoms with Crippen LogP contribution in [0.25, 0.3) is 33.3 Å². The Kier molecular flexibility index (Phi) is 3.10. The van der Waals surface area contributed by atoms with Gasteiger partial charge in [-0.1, -0.05) is 24.3 Å². The Hall–Kier alpha value is -3.14. The molecule has 0 radical (unpaired) electrons. The number of nitrogen functional groups attached to an aromatic ring is 1. The average Bonchev–Trinajstić information content (AvgIpc) is 3.39. The van der Waals surface area contributed by atoms with E-state index in [2.05, 4.69) is 51.6 Å². The van der Waals surface area contributed by atoms with Crippen LogP contribution < -0.4 is 5.73 Å². The van der Waals surface area contributed by atoms with Crippen LogP contribution in [0.2, 0.25) is 0 Å². The number of aromatic amines is 1. The first-order chi connectivity index (χ1) is 12.3. The molecule has 5 rings (SSSR count). The molecule has 1 aliphatic rings. The van der Waals surface area contributed by atoms with Gasteiger partial charge in [0, 0.05) is 16.5 Å². The Morgan fingerprint density at radius 3 is 2.76 bits per heavy atom. The number of fused-ring (bicyclic) bond motifs is 1. The van der Waals surface area contributed by atoms with E-state index in [1.807, 2.05) is 18.3 Å².